The zero-order valence-corrected chi connectivity index (χ0v) is 11.9. The van der Waals surface area contributed by atoms with E-state index in [2.05, 4.69) is 49.6 Å². The van der Waals surface area contributed by atoms with Crippen LogP contribution in [0.15, 0.2) is 18.2 Å². The van der Waals surface area contributed by atoms with E-state index in [1.54, 1.807) is 0 Å². The predicted octanol–water partition coefficient (Wildman–Crippen LogP) is 3.67. The minimum atomic E-state index is 0.576. The van der Waals surface area contributed by atoms with Gasteiger partial charge in [0.15, 0.2) is 0 Å². The van der Waals surface area contributed by atoms with Crippen LogP contribution in [-0.4, -0.2) is 19.1 Å². The molecule has 2 N–H and O–H groups in total. The minimum absolute atomic E-state index is 0.576. The van der Waals surface area contributed by atoms with Crippen molar-refractivity contribution >= 4 is 5.69 Å². The van der Waals surface area contributed by atoms with Gasteiger partial charge in [0.2, 0.25) is 0 Å². The van der Waals surface area contributed by atoms with E-state index in [1.807, 2.05) is 0 Å². The van der Waals surface area contributed by atoms with Crippen LogP contribution in [0.25, 0.3) is 0 Å². The molecule has 1 aromatic rings. The number of aryl methyl sites for hydroxylation is 1. The summed E-state index contributed by atoms with van der Waals surface area (Å²) in [6.07, 6.45) is 4.00. The first-order valence-electron chi connectivity index (χ1n) is 7.25. The second-order valence-corrected chi connectivity index (χ2v) is 5.72. The molecule has 1 heterocycles. The lowest BCUT2D eigenvalue weighted by atomic mass is 9.97. The molecular weight excluding hydrogens is 220 g/mol. The fraction of sp³-hybridized carbons (Fsp3) is 0.625. The van der Waals surface area contributed by atoms with Gasteiger partial charge in [-0.15, -0.1) is 0 Å². The van der Waals surface area contributed by atoms with Crippen molar-refractivity contribution in [3.8, 4) is 0 Å². The first kappa shape index (κ1) is 13.4. The Morgan fingerprint density at radius 2 is 2.17 bits per heavy atom. The summed E-state index contributed by atoms with van der Waals surface area (Å²) in [7, 11) is 0. The summed E-state index contributed by atoms with van der Waals surface area (Å²) >= 11 is 0. The SMILES string of the molecule is Cc1cccc(C(C)C)c1NCC1CCCCN1. The third kappa shape index (κ3) is 3.26. The molecule has 0 spiro atoms. The molecule has 18 heavy (non-hydrogen) atoms. The third-order valence-corrected chi connectivity index (χ3v) is 3.86. The van der Waals surface area contributed by atoms with Crippen molar-refractivity contribution in [2.24, 2.45) is 0 Å². The second kappa shape index (κ2) is 6.24. The molecule has 1 aliphatic rings. The maximum Gasteiger partial charge on any atom is 0.0405 e. The Kier molecular flexibility index (Phi) is 4.65. The maximum absolute atomic E-state index is 3.67. The Morgan fingerprint density at radius 1 is 1.33 bits per heavy atom. The topological polar surface area (TPSA) is 24.1 Å². The molecule has 0 aliphatic carbocycles. The van der Waals surface area contributed by atoms with Gasteiger partial charge in [0.05, 0.1) is 0 Å². The van der Waals surface area contributed by atoms with Gasteiger partial charge in [-0.25, -0.2) is 0 Å². The van der Waals surface area contributed by atoms with Crippen LogP contribution in [0.4, 0.5) is 5.69 Å². The Labute approximate surface area is 111 Å². The van der Waals surface area contributed by atoms with Crippen molar-refractivity contribution in [1.29, 1.82) is 0 Å². The van der Waals surface area contributed by atoms with Gasteiger partial charge in [0.25, 0.3) is 0 Å². The lowest BCUT2D eigenvalue weighted by Crippen LogP contribution is -2.39. The minimum Gasteiger partial charge on any atom is -0.383 e. The highest BCUT2D eigenvalue weighted by molar-refractivity contribution is 5.58. The number of benzene rings is 1. The van der Waals surface area contributed by atoms with Crippen LogP contribution in [0.1, 0.15) is 50.2 Å². The molecule has 1 aromatic carbocycles. The fourth-order valence-corrected chi connectivity index (χ4v) is 2.74. The zero-order chi connectivity index (χ0) is 13.0. The van der Waals surface area contributed by atoms with E-state index in [9.17, 15) is 0 Å². The van der Waals surface area contributed by atoms with Gasteiger partial charge < -0.3 is 10.6 Å². The third-order valence-electron chi connectivity index (χ3n) is 3.86. The van der Waals surface area contributed by atoms with Gasteiger partial charge in [0.1, 0.15) is 0 Å². The number of anilines is 1. The van der Waals surface area contributed by atoms with E-state index in [-0.39, 0.29) is 0 Å². The molecule has 1 fully saturated rings. The fourth-order valence-electron chi connectivity index (χ4n) is 2.74. The van der Waals surface area contributed by atoms with E-state index in [0.29, 0.717) is 12.0 Å². The van der Waals surface area contributed by atoms with Crippen molar-refractivity contribution < 1.29 is 0 Å². The van der Waals surface area contributed by atoms with Gasteiger partial charge in [-0.05, 0) is 43.4 Å². The van der Waals surface area contributed by atoms with Crippen LogP contribution >= 0.6 is 0 Å². The molecule has 1 unspecified atom stereocenters. The standard InChI is InChI=1S/C16H26N2/c1-12(2)15-9-6-7-13(3)16(15)18-11-14-8-4-5-10-17-14/h6-7,9,12,14,17-18H,4-5,8,10-11H2,1-3H3. The number of para-hydroxylation sites is 1. The van der Waals surface area contributed by atoms with Gasteiger partial charge in [0, 0.05) is 18.3 Å². The molecule has 1 atom stereocenters. The van der Waals surface area contributed by atoms with E-state index in [1.165, 1.54) is 42.6 Å². The Hall–Kier alpha value is -1.02. The number of hydrogen-bond donors (Lipinski definition) is 2. The average Bonchev–Trinajstić information content (AvgIpc) is 2.38. The molecule has 1 saturated heterocycles. The van der Waals surface area contributed by atoms with Crippen molar-refractivity contribution in [3.05, 3.63) is 29.3 Å². The Balaban J connectivity index is 2.03. The van der Waals surface area contributed by atoms with Crippen molar-refractivity contribution in [1.82, 2.24) is 5.32 Å². The normalized spacial score (nSPS) is 20.1. The van der Waals surface area contributed by atoms with Gasteiger partial charge in [-0.3, -0.25) is 0 Å². The molecule has 0 amide bonds. The van der Waals surface area contributed by atoms with Crippen LogP contribution in [0, 0.1) is 6.92 Å². The lowest BCUT2D eigenvalue weighted by molar-refractivity contribution is 0.414. The lowest BCUT2D eigenvalue weighted by Gasteiger charge is -2.26. The molecule has 1 aliphatic heterocycles. The van der Waals surface area contributed by atoms with Crippen LogP contribution in [-0.2, 0) is 0 Å². The molecule has 2 nitrogen and oxygen atoms in total. The van der Waals surface area contributed by atoms with Crippen molar-refractivity contribution in [3.63, 3.8) is 0 Å². The number of rotatable bonds is 4. The summed E-state index contributed by atoms with van der Waals surface area (Å²) < 4.78 is 0. The molecule has 100 valence electrons. The Morgan fingerprint density at radius 3 is 2.83 bits per heavy atom. The average molecular weight is 246 g/mol. The molecular formula is C16H26N2. The van der Waals surface area contributed by atoms with Gasteiger partial charge >= 0.3 is 0 Å². The molecule has 0 aromatic heterocycles. The molecule has 2 heteroatoms. The molecule has 0 saturated carbocycles. The smallest absolute Gasteiger partial charge is 0.0405 e. The summed E-state index contributed by atoms with van der Waals surface area (Å²) in [4.78, 5) is 0. The van der Waals surface area contributed by atoms with Crippen LogP contribution in [0.5, 0.6) is 0 Å². The largest absolute Gasteiger partial charge is 0.383 e. The number of nitrogens with one attached hydrogen (secondary N) is 2. The highest BCUT2D eigenvalue weighted by Gasteiger charge is 2.14. The molecule has 0 bridgehead atoms. The zero-order valence-electron chi connectivity index (χ0n) is 11.9. The first-order valence-corrected chi connectivity index (χ1v) is 7.25. The first-order chi connectivity index (χ1) is 8.68. The maximum atomic E-state index is 3.67. The van der Waals surface area contributed by atoms with Gasteiger partial charge in [-0.2, -0.15) is 0 Å². The number of hydrogen-bond acceptors (Lipinski definition) is 2. The van der Waals surface area contributed by atoms with Gasteiger partial charge in [-0.1, -0.05) is 38.5 Å². The van der Waals surface area contributed by atoms with Crippen LogP contribution < -0.4 is 10.6 Å². The van der Waals surface area contributed by atoms with E-state index >= 15 is 0 Å². The highest BCUT2D eigenvalue weighted by Crippen LogP contribution is 2.27. The van der Waals surface area contributed by atoms with Crippen LogP contribution in [0.3, 0.4) is 0 Å². The quantitative estimate of drug-likeness (QED) is 0.847. The van der Waals surface area contributed by atoms with Crippen molar-refractivity contribution in [2.75, 3.05) is 18.4 Å². The summed E-state index contributed by atoms with van der Waals surface area (Å²) in [5.74, 6) is 0.576. The summed E-state index contributed by atoms with van der Waals surface area (Å²) in [5, 5.41) is 7.27. The Bertz CT molecular complexity index is 379. The van der Waals surface area contributed by atoms with Crippen LogP contribution in [0.2, 0.25) is 0 Å². The summed E-state index contributed by atoms with van der Waals surface area (Å²) in [6, 6.07) is 7.24. The second-order valence-electron chi connectivity index (χ2n) is 5.72. The van der Waals surface area contributed by atoms with E-state index < -0.39 is 0 Å². The number of piperidine rings is 1. The van der Waals surface area contributed by atoms with E-state index in [4.69, 9.17) is 0 Å². The monoisotopic (exact) mass is 246 g/mol. The molecule has 0 radical (unpaired) electrons. The van der Waals surface area contributed by atoms with Crippen molar-refractivity contribution in [2.45, 2.75) is 52.0 Å². The highest BCUT2D eigenvalue weighted by atomic mass is 15.0. The summed E-state index contributed by atoms with van der Waals surface area (Å²) in [5.41, 5.74) is 4.14. The van der Waals surface area contributed by atoms with E-state index in [0.717, 1.165) is 6.54 Å². The predicted molar refractivity (Wildman–Crippen MR) is 79.4 cm³/mol. The summed E-state index contributed by atoms with van der Waals surface area (Å²) in [6.45, 7) is 8.95. The molecule has 2 rings (SSSR count).